The fraction of sp³-hybridized carbons (Fsp3) is 0.565. The first-order valence-corrected chi connectivity index (χ1v) is 11.2. The smallest absolute Gasteiger partial charge is 0.243 e. The van der Waals surface area contributed by atoms with Crippen LogP contribution in [0.4, 0.5) is 5.69 Å². The van der Waals surface area contributed by atoms with E-state index < -0.39 is 0 Å². The molecule has 0 aliphatic carbocycles. The average molecular weight is 443 g/mol. The molecule has 1 aliphatic rings. The Bertz CT molecular complexity index is 913. The predicted octanol–water partition coefficient (Wildman–Crippen LogP) is 2.07. The summed E-state index contributed by atoms with van der Waals surface area (Å²) in [6, 6.07) is 5.55. The van der Waals surface area contributed by atoms with Crippen LogP contribution in [0.5, 0.6) is 0 Å². The van der Waals surface area contributed by atoms with Crippen molar-refractivity contribution >= 4 is 17.5 Å². The van der Waals surface area contributed by atoms with Crippen molar-refractivity contribution < 1.29 is 14.1 Å². The van der Waals surface area contributed by atoms with Gasteiger partial charge in [0.2, 0.25) is 17.7 Å². The molecular weight excluding hydrogens is 408 g/mol. The topological polar surface area (TPSA) is 104 Å². The van der Waals surface area contributed by atoms with Gasteiger partial charge in [0.25, 0.3) is 0 Å². The molecule has 2 heterocycles. The van der Waals surface area contributed by atoms with Crippen molar-refractivity contribution in [1.82, 2.24) is 25.3 Å². The SMILES string of the molecule is Cc1cccc(C)c1NC(=O)CNC(=O)C(C)N1CCN(Cc2nc(C(C)C)no2)CC1. The molecule has 174 valence electrons. The van der Waals surface area contributed by atoms with Crippen molar-refractivity contribution in [3.05, 3.63) is 41.0 Å². The third-order valence-corrected chi connectivity index (χ3v) is 5.86. The Morgan fingerprint density at radius 3 is 2.34 bits per heavy atom. The maximum Gasteiger partial charge on any atom is 0.243 e. The molecule has 0 bridgehead atoms. The minimum atomic E-state index is -0.305. The van der Waals surface area contributed by atoms with Gasteiger partial charge in [-0.1, -0.05) is 37.2 Å². The zero-order chi connectivity index (χ0) is 23.3. The third-order valence-electron chi connectivity index (χ3n) is 5.86. The summed E-state index contributed by atoms with van der Waals surface area (Å²) in [5.74, 6) is 1.22. The maximum atomic E-state index is 12.6. The van der Waals surface area contributed by atoms with Gasteiger partial charge in [-0.25, -0.2) is 0 Å². The molecule has 3 rings (SSSR count). The van der Waals surface area contributed by atoms with Gasteiger partial charge in [0, 0.05) is 37.8 Å². The fourth-order valence-electron chi connectivity index (χ4n) is 3.74. The number of para-hydroxylation sites is 1. The van der Waals surface area contributed by atoms with Crippen LogP contribution < -0.4 is 10.6 Å². The van der Waals surface area contributed by atoms with E-state index in [1.54, 1.807) is 0 Å². The molecule has 0 radical (unpaired) electrons. The van der Waals surface area contributed by atoms with Crippen LogP contribution in [0, 0.1) is 13.8 Å². The molecule has 0 saturated carbocycles. The van der Waals surface area contributed by atoms with Crippen molar-refractivity contribution in [2.24, 2.45) is 0 Å². The Morgan fingerprint density at radius 1 is 1.09 bits per heavy atom. The number of aromatic nitrogens is 2. The molecule has 9 heteroatoms. The first-order valence-electron chi connectivity index (χ1n) is 11.2. The Kier molecular flexibility index (Phi) is 7.98. The fourth-order valence-corrected chi connectivity index (χ4v) is 3.74. The summed E-state index contributed by atoms with van der Waals surface area (Å²) in [6.07, 6.45) is 0. The van der Waals surface area contributed by atoms with Crippen LogP contribution in [0.15, 0.2) is 22.7 Å². The van der Waals surface area contributed by atoms with Crippen LogP contribution >= 0.6 is 0 Å². The number of aryl methyl sites for hydroxylation is 2. The molecule has 2 aromatic rings. The standard InChI is InChI=1S/C23H34N6O3/c1-15(2)22-26-20(32-27-22)14-28-9-11-29(12-10-28)18(5)23(31)24-13-19(30)25-21-16(3)7-6-8-17(21)4/h6-8,15,18H,9-14H2,1-5H3,(H,24,31)(H,25,30). The zero-order valence-electron chi connectivity index (χ0n) is 19.6. The lowest BCUT2D eigenvalue weighted by molar-refractivity contribution is -0.128. The van der Waals surface area contributed by atoms with Gasteiger partial charge in [0.05, 0.1) is 19.1 Å². The lowest BCUT2D eigenvalue weighted by atomic mass is 10.1. The molecule has 2 N–H and O–H groups in total. The van der Waals surface area contributed by atoms with Gasteiger partial charge in [0.1, 0.15) is 0 Å². The van der Waals surface area contributed by atoms with E-state index in [0.717, 1.165) is 48.8 Å². The zero-order valence-corrected chi connectivity index (χ0v) is 19.6. The summed E-state index contributed by atoms with van der Waals surface area (Å²) in [7, 11) is 0. The summed E-state index contributed by atoms with van der Waals surface area (Å²) < 4.78 is 5.33. The summed E-state index contributed by atoms with van der Waals surface area (Å²) in [6.45, 7) is 13.5. The van der Waals surface area contributed by atoms with Gasteiger partial charge < -0.3 is 15.2 Å². The van der Waals surface area contributed by atoms with Crippen molar-refractivity contribution in [1.29, 1.82) is 0 Å². The molecule has 1 saturated heterocycles. The summed E-state index contributed by atoms with van der Waals surface area (Å²) in [5.41, 5.74) is 2.80. The quantitative estimate of drug-likeness (QED) is 0.645. The van der Waals surface area contributed by atoms with Gasteiger partial charge in [-0.2, -0.15) is 4.98 Å². The van der Waals surface area contributed by atoms with E-state index in [9.17, 15) is 9.59 Å². The monoisotopic (exact) mass is 442 g/mol. The summed E-state index contributed by atoms with van der Waals surface area (Å²) in [5, 5.41) is 9.67. The van der Waals surface area contributed by atoms with Gasteiger partial charge in [-0.3, -0.25) is 19.4 Å². The molecule has 1 fully saturated rings. The lowest BCUT2D eigenvalue weighted by Crippen LogP contribution is -2.54. The van der Waals surface area contributed by atoms with Crippen LogP contribution in [0.3, 0.4) is 0 Å². The lowest BCUT2D eigenvalue weighted by Gasteiger charge is -2.36. The first kappa shape index (κ1) is 23.9. The van der Waals surface area contributed by atoms with E-state index in [4.69, 9.17) is 4.52 Å². The van der Waals surface area contributed by atoms with E-state index >= 15 is 0 Å². The molecule has 2 amide bonds. The number of anilines is 1. The third kappa shape index (κ3) is 6.14. The van der Waals surface area contributed by atoms with E-state index in [1.807, 2.05) is 52.8 Å². The van der Waals surface area contributed by atoms with Crippen molar-refractivity contribution in [3.63, 3.8) is 0 Å². The second-order valence-corrected chi connectivity index (χ2v) is 8.72. The van der Waals surface area contributed by atoms with Crippen LogP contribution in [0.2, 0.25) is 0 Å². The number of piperazine rings is 1. The Labute approximate surface area is 189 Å². The number of nitrogens with one attached hydrogen (secondary N) is 2. The number of carbonyl (C=O) groups is 2. The molecule has 1 aliphatic heterocycles. The van der Waals surface area contributed by atoms with Crippen LogP contribution in [-0.4, -0.2) is 70.5 Å². The summed E-state index contributed by atoms with van der Waals surface area (Å²) >= 11 is 0. The average Bonchev–Trinajstić information content (AvgIpc) is 3.23. The molecule has 32 heavy (non-hydrogen) atoms. The van der Waals surface area contributed by atoms with Gasteiger partial charge in [-0.15, -0.1) is 0 Å². The molecule has 1 aromatic heterocycles. The second-order valence-electron chi connectivity index (χ2n) is 8.72. The molecule has 1 aromatic carbocycles. The molecule has 1 unspecified atom stereocenters. The van der Waals surface area contributed by atoms with Crippen LogP contribution in [0.1, 0.15) is 49.5 Å². The second kappa shape index (κ2) is 10.7. The number of rotatable bonds is 8. The minimum absolute atomic E-state index is 0.0493. The Balaban J connectivity index is 1.41. The van der Waals surface area contributed by atoms with Crippen molar-refractivity contribution in [2.75, 3.05) is 38.0 Å². The highest BCUT2D eigenvalue weighted by Gasteiger charge is 2.26. The van der Waals surface area contributed by atoms with Gasteiger partial charge in [0.15, 0.2) is 5.82 Å². The first-order chi connectivity index (χ1) is 15.2. The number of hydrogen-bond acceptors (Lipinski definition) is 7. The molecule has 9 nitrogen and oxygen atoms in total. The van der Waals surface area contributed by atoms with Crippen molar-refractivity contribution in [2.45, 2.75) is 53.1 Å². The number of benzene rings is 1. The highest BCUT2D eigenvalue weighted by atomic mass is 16.5. The summed E-state index contributed by atoms with van der Waals surface area (Å²) in [4.78, 5) is 33.7. The van der Waals surface area contributed by atoms with Crippen LogP contribution in [0.25, 0.3) is 0 Å². The normalized spacial score (nSPS) is 16.2. The predicted molar refractivity (Wildman–Crippen MR) is 122 cm³/mol. The van der Waals surface area contributed by atoms with E-state index in [2.05, 4.69) is 30.6 Å². The highest BCUT2D eigenvalue weighted by molar-refractivity contribution is 5.96. The van der Waals surface area contributed by atoms with Gasteiger partial charge >= 0.3 is 0 Å². The minimum Gasteiger partial charge on any atom is -0.346 e. The number of nitrogens with zero attached hydrogens (tertiary/aromatic N) is 4. The van der Waals surface area contributed by atoms with E-state index in [1.165, 1.54) is 0 Å². The van der Waals surface area contributed by atoms with Crippen LogP contribution in [-0.2, 0) is 16.1 Å². The Hall–Kier alpha value is -2.78. The van der Waals surface area contributed by atoms with E-state index in [0.29, 0.717) is 12.4 Å². The van der Waals surface area contributed by atoms with E-state index in [-0.39, 0.29) is 30.3 Å². The number of carbonyl (C=O) groups excluding carboxylic acids is 2. The largest absolute Gasteiger partial charge is 0.346 e. The number of hydrogen-bond donors (Lipinski definition) is 2. The van der Waals surface area contributed by atoms with Crippen molar-refractivity contribution in [3.8, 4) is 0 Å². The molecule has 1 atom stereocenters. The highest BCUT2D eigenvalue weighted by Crippen LogP contribution is 2.19. The Morgan fingerprint density at radius 2 is 1.75 bits per heavy atom. The maximum absolute atomic E-state index is 12.6. The van der Waals surface area contributed by atoms with Gasteiger partial charge in [-0.05, 0) is 31.9 Å². The number of amides is 2. The molecular formula is C23H34N6O3. The molecule has 0 spiro atoms.